The summed E-state index contributed by atoms with van der Waals surface area (Å²) in [6.45, 7) is 1.98. The molecular weight excluding hydrogens is 312 g/mol. The van der Waals surface area contributed by atoms with Gasteiger partial charge in [-0.25, -0.2) is 0 Å². The zero-order valence-electron chi connectivity index (χ0n) is 14.4. The maximum Gasteiger partial charge on any atom is 0.163 e. The molecule has 3 rings (SSSR count). The fourth-order valence-electron chi connectivity index (χ4n) is 2.72. The average molecular weight is 332 g/mol. The number of benzene rings is 3. The highest BCUT2D eigenvalue weighted by Crippen LogP contribution is 2.33. The molecule has 0 spiro atoms. The number of methoxy groups -OCH3 is 1. The van der Waals surface area contributed by atoms with Crippen molar-refractivity contribution in [2.75, 3.05) is 7.11 Å². The van der Waals surface area contributed by atoms with E-state index in [1.54, 1.807) is 14.0 Å². The predicted molar refractivity (Wildman–Crippen MR) is 99.2 cm³/mol. The SMILES string of the molecule is COc1ccccc1-c1ccc(OCc2ccccc2)c(C(C)=O)c1. The van der Waals surface area contributed by atoms with Gasteiger partial charge in [0, 0.05) is 5.56 Å². The Balaban J connectivity index is 1.92. The highest BCUT2D eigenvalue weighted by molar-refractivity contribution is 5.98. The minimum Gasteiger partial charge on any atom is -0.496 e. The molecule has 0 aliphatic carbocycles. The van der Waals surface area contributed by atoms with Gasteiger partial charge in [0.1, 0.15) is 18.1 Å². The van der Waals surface area contributed by atoms with Gasteiger partial charge < -0.3 is 9.47 Å². The van der Waals surface area contributed by atoms with Crippen molar-refractivity contribution in [3.63, 3.8) is 0 Å². The van der Waals surface area contributed by atoms with Crippen LogP contribution in [0.3, 0.4) is 0 Å². The third-order valence-electron chi connectivity index (χ3n) is 4.01. The van der Waals surface area contributed by atoms with Crippen LogP contribution in [0.25, 0.3) is 11.1 Å². The van der Waals surface area contributed by atoms with E-state index in [4.69, 9.17) is 9.47 Å². The molecule has 0 fully saturated rings. The molecular formula is C22H20O3. The van der Waals surface area contributed by atoms with Crippen molar-refractivity contribution in [3.8, 4) is 22.6 Å². The van der Waals surface area contributed by atoms with Crippen LogP contribution in [0.15, 0.2) is 72.8 Å². The molecule has 25 heavy (non-hydrogen) atoms. The standard InChI is InChI=1S/C22H20O3/c1-16(23)20-14-18(19-10-6-7-11-21(19)24-2)12-13-22(20)25-15-17-8-4-3-5-9-17/h3-14H,15H2,1-2H3. The van der Waals surface area contributed by atoms with Crippen molar-refractivity contribution < 1.29 is 14.3 Å². The first-order chi connectivity index (χ1) is 12.2. The normalized spacial score (nSPS) is 10.3. The number of Topliss-reactive ketones (excluding diaryl/α,β-unsaturated/α-hetero) is 1. The van der Waals surface area contributed by atoms with Gasteiger partial charge in [-0.3, -0.25) is 4.79 Å². The highest BCUT2D eigenvalue weighted by Gasteiger charge is 2.13. The number of carbonyl (C=O) groups excluding carboxylic acids is 1. The Morgan fingerprint density at radius 2 is 1.60 bits per heavy atom. The van der Waals surface area contributed by atoms with Crippen LogP contribution in [0.5, 0.6) is 11.5 Å². The number of para-hydroxylation sites is 1. The van der Waals surface area contributed by atoms with Crippen LogP contribution >= 0.6 is 0 Å². The summed E-state index contributed by atoms with van der Waals surface area (Å²) in [4.78, 5) is 12.1. The van der Waals surface area contributed by atoms with Crippen molar-refractivity contribution >= 4 is 5.78 Å². The summed E-state index contributed by atoms with van der Waals surface area (Å²) in [6.07, 6.45) is 0. The molecule has 3 aromatic rings. The van der Waals surface area contributed by atoms with Gasteiger partial charge in [-0.1, -0.05) is 54.6 Å². The molecule has 0 aromatic heterocycles. The summed E-state index contributed by atoms with van der Waals surface area (Å²) in [7, 11) is 1.64. The minimum atomic E-state index is -0.0280. The molecule has 3 aromatic carbocycles. The van der Waals surface area contributed by atoms with E-state index < -0.39 is 0 Å². The smallest absolute Gasteiger partial charge is 0.163 e. The van der Waals surface area contributed by atoms with E-state index in [1.807, 2.05) is 72.8 Å². The number of ketones is 1. The van der Waals surface area contributed by atoms with Gasteiger partial charge in [0.25, 0.3) is 0 Å². The van der Waals surface area contributed by atoms with Crippen molar-refractivity contribution in [3.05, 3.63) is 83.9 Å². The Bertz CT molecular complexity index is 869. The Morgan fingerprint density at radius 1 is 0.880 bits per heavy atom. The lowest BCUT2D eigenvalue weighted by molar-refractivity contribution is 0.101. The second kappa shape index (κ2) is 7.67. The summed E-state index contributed by atoms with van der Waals surface area (Å²) in [5.41, 5.74) is 3.50. The maximum absolute atomic E-state index is 12.1. The highest BCUT2D eigenvalue weighted by atomic mass is 16.5. The van der Waals surface area contributed by atoms with Gasteiger partial charge in [-0.2, -0.15) is 0 Å². The van der Waals surface area contributed by atoms with Gasteiger partial charge in [-0.05, 0) is 36.2 Å². The van der Waals surface area contributed by atoms with Crippen molar-refractivity contribution in [1.29, 1.82) is 0 Å². The van der Waals surface area contributed by atoms with E-state index in [2.05, 4.69) is 0 Å². The number of carbonyl (C=O) groups is 1. The number of ether oxygens (including phenoxy) is 2. The predicted octanol–water partition coefficient (Wildman–Crippen LogP) is 5.14. The number of hydrogen-bond acceptors (Lipinski definition) is 3. The van der Waals surface area contributed by atoms with Crippen molar-refractivity contribution in [2.45, 2.75) is 13.5 Å². The van der Waals surface area contributed by atoms with E-state index in [0.717, 1.165) is 22.4 Å². The molecule has 3 nitrogen and oxygen atoms in total. The molecule has 0 aliphatic heterocycles. The number of hydrogen-bond donors (Lipinski definition) is 0. The second-order valence-electron chi connectivity index (χ2n) is 5.74. The molecule has 0 unspecified atom stereocenters. The molecule has 0 saturated carbocycles. The Hall–Kier alpha value is -3.07. The van der Waals surface area contributed by atoms with Gasteiger partial charge in [-0.15, -0.1) is 0 Å². The van der Waals surface area contributed by atoms with Crippen molar-refractivity contribution in [2.24, 2.45) is 0 Å². The summed E-state index contributed by atoms with van der Waals surface area (Å²) in [6, 6.07) is 23.3. The van der Waals surface area contributed by atoms with E-state index in [9.17, 15) is 4.79 Å². The molecule has 0 heterocycles. The molecule has 0 radical (unpaired) electrons. The lowest BCUT2D eigenvalue weighted by Crippen LogP contribution is -2.02. The van der Waals surface area contributed by atoms with Crippen LogP contribution in [-0.4, -0.2) is 12.9 Å². The van der Waals surface area contributed by atoms with Crippen LogP contribution < -0.4 is 9.47 Å². The van der Waals surface area contributed by atoms with Gasteiger partial charge in [0.2, 0.25) is 0 Å². The van der Waals surface area contributed by atoms with Crippen LogP contribution in [0.1, 0.15) is 22.8 Å². The first-order valence-electron chi connectivity index (χ1n) is 8.14. The first kappa shape index (κ1) is 16.8. The first-order valence-corrected chi connectivity index (χ1v) is 8.14. The van der Waals surface area contributed by atoms with E-state index in [0.29, 0.717) is 17.9 Å². The van der Waals surface area contributed by atoms with E-state index in [1.165, 1.54) is 0 Å². The third-order valence-corrected chi connectivity index (χ3v) is 4.01. The van der Waals surface area contributed by atoms with Crippen LogP contribution in [0.4, 0.5) is 0 Å². The summed E-state index contributed by atoms with van der Waals surface area (Å²) in [5, 5.41) is 0. The zero-order valence-corrected chi connectivity index (χ0v) is 14.4. The average Bonchev–Trinajstić information content (AvgIpc) is 2.67. The molecule has 0 saturated heterocycles. The fourth-order valence-corrected chi connectivity index (χ4v) is 2.72. The monoisotopic (exact) mass is 332 g/mol. The summed E-state index contributed by atoms with van der Waals surface area (Å²) in [5.74, 6) is 1.34. The molecule has 0 bridgehead atoms. The lowest BCUT2D eigenvalue weighted by atomic mass is 10.00. The summed E-state index contributed by atoms with van der Waals surface area (Å²) < 4.78 is 11.3. The van der Waals surface area contributed by atoms with Crippen molar-refractivity contribution in [1.82, 2.24) is 0 Å². The lowest BCUT2D eigenvalue weighted by Gasteiger charge is -2.13. The Kier molecular flexibility index (Phi) is 5.14. The zero-order chi connectivity index (χ0) is 17.6. The van der Waals surface area contributed by atoms with E-state index in [-0.39, 0.29) is 5.78 Å². The number of rotatable bonds is 6. The van der Waals surface area contributed by atoms with E-state index >= 15 is 0 Å². The maximum atomic E-state index is 12.1. The molecule has 0 N–H and O–H groups in total. The van der Waals surface area contributed by atoms with Gasteiger partial charge in [0.05, 0.1) is 12.7 Å². The largest absolute Gasteiger partial charge is 0.496 e. The molecule has 3 heteroatoms. The minimum absolute atomic E-state index is 0.0280. The fraction of sp³-hybridized carbons (Fsp3) is 0.136. The molecule has 126 valence electrons. The van der Waals surface area contributed by atoms with Crippen LogP contribution in [0.2, 0.25) is 0 Å². The Morgan fingerprint density at radius 3 is 2.32 bits per heavy atom. The van der Waals surface area contributed by atoms with Crippen LogP contribution in [0, 0.1) is 0 Å². The third kappa shape index (κ3) is 3.89. The molecule has 0 atom stereocenters. The molecule has 0 aliphatic rings. The van der Waals surface area contributed by atoms with Gasteiger partial charge in [0.15, 0.2) is 5.78 Å². The Labute approximate surface area is 147 Å². The van der Waals surface area contributed by atoms with Crippen LogP contribution in [-0.2, 0) is 6.61 Å². The summed E-state index contributed by atoms with van der Waals surface area (Å²) >= 11 is 0. The second-order valence-corrected chi connectivity index (χ2v) is 5.74. The topological polar surface area (TPSA) is 35.5 Å². The quantitative estimate of drug-likeness (QED) is 0.586. The molecule has 0 amide bonds. The van der Waals surface area contributed by atoms with Gasteiger partial charge >= 0.3 is 0 Å².